The summed E-state index contributed by atoms with van der Waals surface area (Å²) in [7, 11) is 0. The monoisotopic (exact) mass is 413 g/mol. The van der Waals surface area contributed by atoms with E-state index in [4.69, 9.17) is 13.8 Å². The standard InChI is InChI=1S/C23H12BrNO2/c24-16-8-4-7-15-14(16)9-10-17-20(15)21-18(26-17)11-12-19-22(21)25-23(27-19)13-5-2-1-3-6-13/h1-12H. The molecule has 6 rings (SSSR count). The third kappa shape index (κ3) is 2.10. The van der Waals surface area contributed by atoms with Crippen LogP contribution in [0.1, 0.15) is 0 Å². The smallest absolute Gasteiger partial charge is 0.227 e. The van der Waals surface area contributed by atoms with Gasteiger partial charge < -0.3 is 8.83 Å². The first kappa shape index (κ1) is 15.0. The molecule has 2 aromatic heterocycles. The maximum atomic E-state index is 6.13. The van der Waals surface area contributed by atoms with Gasteiger partial charge in [0.05, 0.1) is 5.39 Å². The van der Waals surface area contributed by atoms with E-state index in [2.05, 4.69) is 34.1 Å². The molecule has 0 atom stereocenters. The van der Waals surface area contributed by atoms with E-state index < -0.39 is 0 Å². The van der Waals surface area contributed by atoms with Gasteiger partial charge in [0.2, 0.25) is 5.89 Å². The second kappa shape index (κ2) is 5.44. The number of furan rings is 1. The molecule has 0 aliphatic heterocycles. The molecule has 27 heavy (non-hydrogen) atoms. The highest BCUT2D eigenvalue weighted by Crippen LogP contribution is 2.40. The molecular formula is C23H12BrNO2. The molecule has 0 unspecified atom stereocenters. The highest BCUT2D eigenvalue weighted by Gasteiger charge is 2.18. The molecule has 0 aliphatic carbocycles. The summed E-state index contributed by atoms with van der Waals surface area (Å²) < 4.78 is 13.2. The minimum atomic E-state index is 0.619. The largest absolute Gasteiger partial charge is 0.456 e. The van der Waals surface area contributed by atoms with Crippen LogP contribution < -0.4 is 0 Å². The van der Waals surface area contributed by atoms with Crippen LogP contribution >= 0.6 is 15.9 Å². The molecule has 0 saturated carbocycles. The zero-order valence-corrected chi connectivity index (χ0v) is 15.7. The maximum absolute atomic E-state index is 6.13. The van der Waals surface area contributed by atoms with Gasteiger partial charge in [-0.2, -0.15) is 0 Å². The Kier molecular flexibility index (Phi) is 3.02. The Bertz CT molecular complexity index is 1480. The van der Waals surface area contributed by atoms with Crippen molar-refractivity contribution in [2.75, 3.05) is 0 Å². The summed E-state index contributed by atoms with van der Waals surface area (Å²) in [6.07, 6.45) is 0. The van der Waals surface area contributed by atoms with Crippen LogP contribution in [-0.4, -0.2) is 4.98 Å². The molecule has 0 aliphatic rings. The predicted molar refractivity (Wildman–Crippen MR) is 112 cm³/mol. The second-order valence-electron chi connectivity index (χ2n) is 6.55. The first-order valence-electron chi connectivity index (χ1n) is 8.68. The van der Waals surface area contributed by atoms with Crippen LogP contribution in [0.2, 0.25) is 0 Å². The SMILES string of the molecule is Brc1cccc2c1ccc1oc3ccc4oc(-c5ccccc5)nc4c3c12. The number of fused-ring (bicyclic) bond motifs is 7. The fourth-order valence-electron chi connectivity index (χ4n) is 3.77. The normalized spacial score (nSPS) is 11.9. The molecule has 0 spiro atoms. The molecule has 6 aromatic rings. The molecule has 0 amide bonds. The van der Waals surface area contributed by atoms with Crippen molar-refractivity contribution < 1.29 is 8.83 Å². The van der Waals surface area contributed by atoms with Gasteiger partial charge in [-0.05, 0) is 53.2 Å². The number of aromatic nitrogens is 1. The summed E-state index contributed by atoms with van der Waals surface area (Å²) in [5, 5.41) is 4.35. The Hall–Kier alpha value is -3.11. The number of halogens is 1. The minimum absolute atomic E-state index is 0.619. The van der Waals surface area contributed by atoms with E-state index in [1.807, 2.05) is 54.6 Å². The van der Waals surface area contributed by atoms with Crippen molar-refractivity contribution in [1.82, 2.24) is 4.98 Å². The molecular weight excluding hydrogens is 402 g/mol. The summed E-state index contributed by atoms with van der Waals surface area (Å²) in [6.45, 7) is 0. The van der Waals surface area contributed by atoms with Crippen LogP contribution in [-0.2, 0) is 0 Å². The summed E-state index contributed by atoms with van der Waals surface area (Å²) in [5.41, 5.74) is 4.22. The number of benzene rings is 4. The highest BCUT2D eigenvalue weighted by molar-refractivity contribution is 9.10. The van der Waals surface area contributed by atoms with Gasteiger partial charge in [-0.3, -0.25) is 0 Å². The van der Waals surface area contributed by atoms with E-state index >= 15 is 0 Å². The van der Waals surface area contributed by atoms with Crippen LogP contribution in [0.3, 0.4) is 0 Å². The molecule has 0 bridgehead atoms. The van der Waals surface area contributed by atoms with Crippen molar-refractivity contribution in [2.24, 2.45) is 0 Å². The van der Waals surface area contributed by atoms with Gasteiger partial charge in [0.25, 0.3) is 0 Å². The summed E-state index contributed by atoms with van der Waals surface area (Å²) in [5.74, 6) is 0.619. The van der Waals surface area contributed by atoms with Crippen LogP contribution in [0.4, 0.5) is 0 Å². The van der Waals surface area contributed by atoms with Crippen LogP contribution in [0.15, 0.2) is 86.1 Å². The molecule has 0 N–H and O–H groups in total. The van der Waals surface area contributed by atoms with Gasteiger partial charge in [0.15, 0.2) is 5.58 Å². The van der Waals surface area contributed by atoms with Gasteiger partial charge in [-0.15, -0.1) is 0 Å². The van der Waals surface area contributed by atoms with Crippen molar-refractivity contribution in [2.45, 2.75) is 0 Å². The van der Waals surface area contributed by atoms with Gasteiger partial charge in [0.1, 0.15) is 16.7 Å². The third-order valence-corrected chi connectivity index (χ3v) is 5.67. The summed E-state index contributed by atoms with van der Waals surface area (Å²) in [4.78, 5) is 4.82. The molecule has 0 fully saturated rings. The quantitative estimate of drug-likeness (QED) is 0.283. The Morgan fingerprint density at radius 3 is 2.30 bits per heavy atom. The average molecular weight is 414 g/mol. The Balaban J connectivity index is 1.79. The van der Waals surface area contributed by atoms with E-state index in [0.717, 1.165) is 53.8 Å². The van der Waals surface area contributed by atoms with Crippen molar-refractivity contribution in [1.29, 1.82) is 0 Å². The molecule has 4 aromatic carbocycles. The Labute approximate surface area is 162 Å². The summed E-state index contributed by atoms with van der Waals surface area (Å²) >= 11 is 3.65. The molecule has 0 saturated heterocycles. The van der Waals surface area contributed by atoms with Crippen LogP contribution in [0, 0.1) is 0 Å². The van der Waals surface area contributed by atoms with Gasteiger partial charge in [-0.1, -0.05) is 46.3 Å². The van der Waals surface area contributed by atoms with E-state index in [1.54, 1.807) is 0 Å². The lowest BCUT2D eigenvalue weighted by atomic mass is 10.0. The highest BCUT2D eigenvalue weighted by atomic mass is 79.9. The predicted octanol–water partition coefficient (Wildman–Crippen LogP) is 7.31. The fourth-order valence-corrected chi connectivity index (χ4v) is 4.27. The van der Waals surface area contributed by atoms with Crippen molar-refractivity contribution in [3.05, 3.63) is 77.3 Å². The maximum Gasteiger partial charge on any atom is 0.227 e. The lowest BCUT2D eigenvalue weighted by Gasteiger charge is -2.01. The first-order valence-corrected chi connectivity index (χ1v) is 9.47. The molecule has 128 valence electrons. The van der Waals surface area contributed by atoms with Crippen LogP contribution in [0.5, 0.6) is 0 Å². The third-order valence-electron chi connectivity index (χ3n) is 4.98. The van der Waals surface area contributed by atoms with Crippen LogP contribution in [0.25, 0.3) is 55.3 Å². The van der Waals surface area contributed by atoms with Gasteiger partial charge in [-0.25, -0.2) is 4.98 Å². The van der Waals surface area contributed by atoms with Gasteiger partial charge in [0, 0.05) is 15.4 Å². The van der Waals surface area contributed by atoms with E-state index in [0.29, 0.717) is 5.89 Å². The molecule has 0 radical (unpaired) electrons. The second-order valence-corrected chi connectivity index (χ2v) is 7.40. The van der Waals surface area contributed by atoms with E-state index in [-0.39, 0.29) is 0 Å². The Morgan fingerprint density at radius 1 is 0.630 bits per heavy atom. The van der Waals surface area contributed by atoms with Crippen molar-refractivity contribution in [3.8, 4) is 11.5 Å². The van der Waals surface area contributed by atoms with E-state index in [1.165, 1.54) is 0 Å². The zero-order valence-electron chi connectivity index (χ0n) is 14.1. The summed E-state index contributed by atoms with van der Waals surface area (Å²) in [6, 6.07) is 24.2. The number of nitrogens with zero attached hydrogens (tertiary/aromatic N) is 1. The topological polar surface area (TPSA) is 39.2 Å². The molecule has 2 heterocycles. The zero-order chi connectivity index (χ0) is 18.0. The van der Waals surface area contributed by atoms with Crippen molar-refractivity contribution >= 4 is 59.7 Å². The fraction of sp³-hybridized carbons (Fsp3) is 0. The van der Waals surface area contributed by atoms with Crippen molar-refractivity contribution in [3.63, 3.8) is 0 Å². The Morgan fingerprint density at radius 2 is 1.41 bits per heavy atom. The molecule has 4 heteroatoms. The number of hydrogen-bond acceptors (Lipinski definition) is 3. The molecule has 3 nitrogen and oxygen atoms in total. The van der Waals surface area contributed by atoms with E-state index in [9.17, 15) is 0 Å². The number of oxazole rings is 1. The lowest BCUT2D eigenvalue weighted by molar-refractivity contribution is 0.619. The van der Waals surface area contributed by atoms with Gasteiger partial charge >= 0.3 is 0 Å². The number of hydrogen-bond donors (Lipinski definition) is 0. The lowest BCUT2D eigenvalue weighted by Crippen LogP contribution is -1.78. The first-order chi connectivity index (χ1) is 13.3. The minimum Gasteiger partial charge on any atom is -0.456 e. The average Bonchev–Trinajstić information content (AvgIpc) is 3.30. The number of rotatable bonds is 1.